The fourth-order valence-corrected chi connectivity index (χ4v) is 5.54. The fraction of sp³-hybridized carbons (Fsp3) is 0.545. The molecular formula is C22H27FN2O2. The van der Waals surface area contributed by atoms with Gasteiger partial charge in [-0.2, -0.15) is 0 Å². The highest BCUT2D eigenvalue weighted by atomic mass is 19.1. The standard InChI is InChI=1S/C22H27FN2O2/c1-5-27-20(26)17-11-24-18-7-6-14(23)8-16(18)19(17)25-13-22(4)10-15(25)9-21(2,3)12-22/h6-8,11,15H,5,9-10,12-13H2,1-4H3/t15-,22+/m0/s1. The first-order valence-electron chi connectivity index (χ1n) is 9.73. The van der Waals surface area contributed by atoms with Crippen LogP contribution in [0.15, 0.2) is 24.4 Å². The predicted molar refractivity (Wildman–Crippen MR) is 105 cm³/mol. The third kappa shape index (κ3) is 3.17. The van der Waals surface area contributed by atoms with Crippen LogP contribution in [-0.4, -0.2) is 30.1 Å². The number of hydrogen-bond donors (Lipinski definition) is 0. The van der Waals surface area contributed by atoms with Crippen LogP contribution in [0.2, 0.25) is 0 Å². The number of ether oxygens (including phenoxy) is 1. The van der Waals surface area contributed by atoms with Crippen molar-refractivity contribution < 1.29 is 13.9 Å². The van der Waals surface area contributed by atoms with Crippen LogP contribution in [0.25, 0.3) is 10.9 Å². The summed E-state index contributed by atoms with van der Waals surface area (Å²) in [6.45, 7) is 9.92. The van der Waals surface area contributed by atoms with Crippen molar-refractivity contribution in [3.63, 3.8) is 0 Å². The zero-order valence-corrected chi connectivity index (χ0v) is 16.5. The molecule has 1 aromatic carbocycles. The van der Waals surface area contributed by atoms with Crippen LogP contribution >= 0.6 is 0 Å². The summed E-state index contributed by atoms with van der Waals surface area (Å²) >= 11 is 0. The Hall–Kier alpha value is -2.17. The number of anilines is 1. The SMILES string of the molecule is CCOC(=O)c1cnc2ccc(F)cc2c1N1C[C@]2(C)C[C@@H]1CC(C)(C)C2. The van der Waals surface area contributed by atoms with E-state index in [0.29, 0.717) is 29.1 Å². The molecule has 0 radical (unpaired) electrons. The third-order valence-corrected chi connectivity index (χ3v) is 6.00. The zero-order chi connectivity index (χ0) is 19.4. The number of rotatable bonds is 3. The number of esters is 1. The van der Waals surface area contributed by atoms with E-state index in [1.807, 2.05) is 0 Å². The van der Waals surface area contributed by atoms with Crippen LogP contribution in [0.4, 0.5) is 10.1 Å². The molecule has 2 bridgehead atoms. The summed E-state index contributed by atoms with van der Waals surface area (Å²) in [7, 11) is 0. The number of hydrogen-bond acceptors (Lipinski definition) is 4. The molecule has 2 aromatic rings. The van der Waals surface area contributed by atoms with Gasteiger partial charge in [-0.05, 0) is 55.2 Å². The smallest absolute Gasteiger partial charge is 0.341 e. The third-order valence-electron chi connectivity index (χ3n) is 6.00. The summed E-state index contributed by atoms with van der Waals surface area (Å²) in [6, 6.07) is 4.92. The van der Waals surface area contributed by atoms with E-state index in [-0.39, 0.29) is 16.6 Å². The molecule has 0 amide bonds. The summed E-state index contributed by atoms with van der Waals surface area (Å²) in [4.78, 5) is 19.4. The number of halogens is 1. The lowest BCUT2D eigenvalue weighted by atomic mass is 9.65. The molecule has 2 atom stereocenters. The topological polar surface area (TPSA) is 42.4 Å². The Labute approximate surface area is 159 Å². The molecule has 2 heterocycles. The van der Waals surface area contributed by atoms with Gasteiger partial charge in [-0.15, -0.1) is 0 Å². The largest absolute Gasteiger partial charge is 0.462 e. The number of carbonyl (C=O) groups is 1. The lowest BCUT2D eigenvalue weighted by Crippen LogP contribution is -2.35. The lowest BCUT2D eigenvalue weighted by molar-refractivity contribution is 0.0526. The summed E-state index contributed by atoms with van der Waals surface area (Å²) < 4.78 is 19.4. The van der Waals surface area contributed by atoms with Crippen molar-refractivity contribution in [1.82, 2.24) is 4.98 Å². The molecule has 2 fully saturated rings. The van der Waals surface area contributed by atoms with E-state index in [9.17, 15) is 9.18 Å². The highest BCUT2D eigenvalue weighted by Gasteiger charge is 2.50. The molecule has 1 aromatic heterocycles. The van der Waals surface area contributed by atoms with Gasteiger partial charge < -0.3 is 9.64 Å². The average molecular weight is 370 g/mol. The molecule has 1 aliphatic heterocycles. The van der Waals surface area contributed by atoms with Gasteiger partial charge in [-0.1, -0.05) is 20.8 Å². The first-order chi connectivity index (χ1) is 12.7. The minimum Gasteiger partial charge on any atom is -0.462 e. The van der Waals surface area contributed by atoms with Gasteiger partial charge in [0.25, 0.3) is 0 Å². The van der Waals surface area contributed by atoms with Crippen molar-refractivity contribution in [3.05, 3.63) is 35.8 Å². The molecule has 0 unspecified atom stereocenters. The normalized spacial score (nSPS) is 26.4. The number of aromatic nitrogens is 1. The molecule has 27 heavy (non-hydrogen) atoms. The summed E-state index contributed by atoms with van der Waals surface area (Å²) in [5.74, 6) is -0.711. The molecule has 1 saturated heterocycles. The second-order valence-electron chi connectivity index (χ2n) is 9.24. The quantitative estimate of drug-likeness (QED) is 0.717. The van der Waals surface area contributed by atoms with Crippen molar-refractivity contribution in [2.45, 2.75) is 53.0 Å². The van der Waals surface area contributed by atoms with Gasteiger partial charge in [0, 0.05) is 24.2 Å². The van der Waals surface area contributed by atoms with Gasteiger partial charge in [-0.3, -0.25) is 4.98 Å². The van der Waals surface area contributed by atoms with Crippen LogP contribution in [0.5, 0.6) is 0 Å². The van der Waals surface area contributed by atoms with Crippen LogP contribution in [0, 0.1) is 16.6 Å². The van der Waals surface area contributed by atoms with Crippen LogP contribution in [0.3, 0.4) is 0 Å². The first-order valence-corrected chi connectivity index (χ1v) is 9.73. The lowest BCUT2D eigenvalue weighted by Gasteiger charge is -2.39. The molecule has 5 heteroatoms. The van der Waals surface area contributed by atoms with Crippen molar-refractivity contribution in [2.75, 3.05) is 18.1 Å². The second kappa shape index (κ2) is 6.18. The summed E-state index contributed by atoms with van der Waals surface area (Å²) in [5.41, 5.74) is 2.37. The van der Waals surface area contributed by atoms with Crippen molar-refractivity contribution in [2.24, 2.45) is 10.8 Å². The Morgan fingerprint density at radius 2 is 2.11 bits per heavy atom. The Bertz CT molecular complexity index is 911. The number of nitrogens with zero attached hydrogens (tertiary/aromatic N) is 2. The van der Waals surface area contributed by atoms with E-state index in [2.05, 4.69) is 30.7 Å². The predicted octanol–water partition coefficient (Wildman–Crippen LogP) is 4.96. The second-order valence-corrected chi connectivity index (χ2v) is 9.24. The fourth-order valence-electron chi connectivity index (χ4n) is 5.54. The van der Waals surface area contributed by atoms with Gasteiger partial charge in [0.15, 0.2) is 0 Å². The van der Waals surface area contributed by atoms with E-state index in [1.165, 1.54) is 12.1 Å². The van der Waals surface area contributed by atoms with Crippen LogP contribution < -0.4 is 4.90 Å². The maximum atomic E-state index is 14.1. The van der Waals surface area contributed by atoms with Crippen molar-refractivity contribution in [1.29, 1.82) is 0 Å². The minimum absolute atomic E-state index is 0.196. The maximum Gasteiger partial charge on any atom is 0.341 e. The maximum absolute atomic E-state index is 14.1. The molecular weight excluding hydrogens is 343 g/mol. The molecule has 2 aliphatic rings. The van der Waals surface area contributed by atoms with Crippen LogP contribution in [-0.2, 0) is 4.74 Å². The molecule has 1 saturated carbocycles. The molecule has 0 N–H and O–H groups in total. The highest BCUT2D eigenvalue weighted by molar-refractivity contribution is 6.05. The highest BCUT2D eigenvalue weighted by Crippen LogP contribution is 2.54. The Kier molecular flexibility index (Phi) is 4.17. The van der Waals surface area contributed by atoms with Gasteiger partial charge in [-0.25, -0.2) is 9.18 Å². The van der Waals surface area contributed by atoms with Crippen molar-refractivity contribution in [3.8, 4) is 0 Å². The van der Waals surface area contributed by atoms with E-state index >= 15 is 0 Å². The summed E-state index contributed by atoms with van der Waals surface area (Å²) in [5, 5.41) is 0.689. The molecule has 1 aliphatic carbocycles. The number of carbonyl (C=O) groups excluding carboxylic acids is 1. The van der Waals surface area contributed by atoms with Gasteiger partial charge >= 0.3 is 5.97 Å². The van der Waals surface area contributed by atoms with Crippen LogP contribution in [0.1, 0.15) is 57.3 Å². The Balaban J connectivity index is 1.90. The van der Waals surface area contributed by atoms with E-state index in [0.717, 1.165) is 31.5 Å². The molecule has 4 rings (SSSR count). The van der Waals surface area contributed by atoms with Gasteiger partial charge in [0.1, 0.15) is 11.4 Å². The monoisotopic (exact) mass is 370 g/mol. The van der Waals surface area contributed by atoms with E-state index in [1.54, 1.807) is 19.2 Å². The Morgan fingerprint density at radius 1 is 1.33 bits per heavy atom. The molecule has 0 spiro atoms. The number of benzene rings is 1. The van der Waals surface area contributed by atoms with Gasteiger partial charge in [0.2, 0.25) is 0 Å². The average Bonchev–Trinajstić information content (AvgIpc) is 2.82. The Morgan fingerprint density at radius 3 is 2.85 bits per heavy atom. The van der Waals surface area contributed by atoms with Crippen molar-refractivity contribution >= 4 is 22.6 Å². The van der Waals surface area contributed by atoms with E-state index in [4.69, 9.17) is 4.74 Å². The molecule has 144 valence electrons. The van der Waals surface area contributed by atoms with Gasteiger partial charge in [0.05, 0.1) is 17.8 Å². The summed E-state index contributed by atoms with van der Waals surface area (Å²) in [6.07, 6.45) is 4.89. The molecule has 4 nitrogen and oxygen atoms in total. The number of fused-ring (bicyclic) bond motifs is 3. The first kappa shape index (κ1) is 18.2. The van der Waals surface area contributed by atoms with E-state index < -0.39 is 5.97 Å². The zero-order valence-electron chi connectivity index (χ0n) is 16.5. The number of pyridine rings is 1. The minimum atomic E-state index is -0.392.